The molecule has 0 spiro atoms. The zero-order valence-corrected chi connectivity index (χ0v) is 9.21. The summed E-state index contributed by atoms with van der Waals surface area (Å²) in [5.41, 5.74) is 1.05. The molecule has 1 aromatic carbocycles. The number of hydrogen-bond acceptors (Lipinski definition) is 2. The number of nitrogens with zero attached hydrogens (tertiary/aromatic N) is 1. The van der Waals surface area contributed by atoms with Crippen LogP contribution in [0.15, 0.2) is 27.7 Å². The second kappa shape index (κ2) is 4.73. The highest BCUT2D eigenvalue weighted by molar-refractivity contribution is 9.10. The number of isothiocyanates is 1. The molecule has 0 radical (unpaired) electrons. The molecule has 0 saturated heterocycles. The maximum absolute atomic E-state index is 5.75. The van der Waals surface area contributed by atoms with Crippen LogP contribution in [0, 0.1) is 0 Å². The molecule has 12 heavy (non-hydrogen) atoms. The van der Waals surface area contributed by atoms with Crippen LogP contribution in [0.5, 0.6) is 0 Å². The van der Waals surface area contributed by atoms with Crippen molar-refractivity contribution in [1.29, 1.82) is 0 Å². The highest BCUT2D eigenvalue weighted by Gasteiger charge is 1.98. The van der Waals surface area contributed by atoms with Crippen LogP contribution in [-0.4, -0.2) is 5.16 Å². The van der Waals surface area contributed by atoms with Gasteiger partial charge < -0.3 is 0 Å². The number of benzene rings is 1. The standard InChI is InChI=1S/C8H5BrClNS/c9-8-3-7(10)2-1-6(8)4-11-5-12/h1-3H,4H2. The van der Waals surface area contributed by atoms with Crippen molar-refractivity contribution in [2.24, 2.45) is 4.99 Å². The van der Waals surface area contributed by atoms with Gasteiger partial charge in [0.2, 0.25) is 0 Å². The fourth-order valence-electron chi connectivity index (χ4n) is 0.767. The van der Waals surface area contributed by atoms with Crippen molar-refractivity contribution in [1.82, 2.24) is 0 Å². The highest BCUT2D eigenvalue weighted by atomic mass is 79.9. The number of hydrogen-bond donors (Lipinski definition) is 0. The Hall–Kier alpha value is -0.210. The summed E-state index contributed by atoms with van der Waals surface area (Å²) in [6, 6.07) is 5.55. The second-order valence-corrected chi connectivity index (χ2v) is 3.62. The molecule has 4 heteroatoms. The Kier molecular flexibility index (Phi) is 3.89. The van der Waals surface area contributed by atoms with Crippen LogP contribution in [0.3, 0.4) is 0 Å². The van der Waals surface area contributed by atoms with Gasteiger partial charge in [-0.15, -0.1) is 0 Å². The summed E-state index contributed by atoms with van der Waals surface area (Å²) in [6.45, 7) is 0.543. The molecule has 1 rings (SSSR count). The van der Waals surface area contributed by atoms with Gasteiger partial charge in [0.1, 0.15) is 0 Å². The molecule has 1 aromatic rings. The van der Waals surface area contributed by atoms with E-state index in [9.17, 15) is 0 Å². The van der Waals surface area contributed by atoms with Crippen molar-refractivity contribution in [3.63, 3.8) is 0 Å². The van der Waals surface area contributed by atoms with E-state index in [2.05, 4.69) is 38.3 Å². The van der Waals surface area contributed by atoms with E-state index in [-0.39, 0.29) is 0 Å². The smallest absolute Gasteiger partial charge is 0.0754 e. The van der Waals surface area contributed by atoms with Crippen molar-refractivity contribution in [2.75, 3.05) is 0 Å². The Morgan fingerprint density at radius 1 is 1.58 bits per heavy atom. The largest absolute Gasteiger partial charge is 0.228 e. The molecule has 0 N–H and O–H groups in total. The first-order valence-corrected chi connectivity index (χ1v) is 4.79. The predicted molar refractivity (Wildman–Crippen MR) is 57.9 cm³/mol. The molecule has 0 aliphatic rings. The quantitative estimate of drug-likeness (QED) is 0.585. The average molecular weight is 263 g/mol. The number of thiocarbonyl (C=S) groups is 1. The minimum absolute atomic E-state index is 0.543. The topological polar surface area (TPSA) is 12.4 Å². The van der Waals surface area contributed by atoms with Crippen LogP contribution < -0.4 is 0 Å². The van der Waals surface area contributed by atoms with Crippen LogP contribution in [0.4, 0.5) is 0 Å². The van der Waals surface area contributed by atoms with Crippen molar-refractivity contribution < 1.29 is 0 Å². The molecule has 0 aliphatic heterocycles. The summed E-state index contributed by atoms with van der Waals surface area (Å²) in [5, 5.41) is 3.02. The fraction of sp³-hybridized carbons (Fsp3) is 0.125. The molecule has 0 atom stereocenters. The van der Waals surface area contributed by atoms with Gasteiger partial charge in [0.15, 0.2) is 0 Å². The van der Waals surface area contributed by atoms with Gasteiger partial charge in [-0.3, -0.25) is 0 Å². The normalized spacial score (nSPS) is 9.17. The predicted octanol–water partition coefficient (Wildman–Crippen LogP) is 3.71. The molecule has 0 aromatic heterocycles. The molecule has 0 bridgehead atoms. The van der Waals surface area contributed by atoms with Gasteiger partial charge in [0.05, 0.1) is 11.7 Å². The van der Waals surface area contributed by atoms with Crippen LogP contribution >= 0.6 is 39.7 Å². The Balaban J connectivity index is 2.93. The third-order valence-corrected chi connectivity index (χ3v) is 2.43. The average Bonchev–Trinajstić information content (AvgIpc) is 2.03. The monoisotopic (exact) mass is 261 g/mol. The molecule has 0 saturated carbocycles. The van der Waals surface area contributed by atoms with Gasteiger partial charge in [-0.1, -0.05) is 33.6 Å². The lowest BCUT2D eigenvalue weighted by Gasteiger charge is -1.99. The maximum Gasteiger partial charge on any atom is 0.0754 e. The van der Waals surface area contributed by atoms with E-state index in [1.54, 1.807) is 0 Å². The van der Waals surface area contributed by atoms with E-state index in [0.717, 1.165) is 10.0 Å². The Morgan fingerprint density at radius 3 is 2.92 bits per heavy atom. The van der Waals surface area contributed by atoms with Gasteiger partial charge >= 0.3 is 0 Å². The SMILES string of the molecule is S=C=NCc1ccc(Cl)cc1Br. The van der Waals surface area contributed by atoms with Crippen molar-refractivity contribution in [2.45, 2.75) is 6.54 Å². The summed E-state index contributed by atoms with van der Waals surface area (Å²) in [6.07, 6.45) is 0. The first-order valence-electron chi connectivity index (χ1n) is 3.21. The van der Waals surface area contributed by atoms with Crippen LogP contribution in [0.2, 0.25) is 5.02 Å². The lowest BCUT2D eigenvalue weighted by Crippen LogP contribution is -1.82. The Labute approximate surface area is 89.6 Å². The third kappa shape index (κ3) is 2.68. The minimum atomic E-state index is 0.543. The fourth-order valence-corrected chi connectivity index (χ4v) is 1.64. The number of rotatable bonds is 2. The lowest BCUT2D eigenvalue weighted by atomic mass is 10.2. The molecule has 62 valence electrons. The Morgan fingerprint density at radius 2 is 2.33 bits per heavy atom. The lowest BCUT2D eigenvalue weighted by molar-refractivity contribution is 1.07. The zero-order chi connectivity index (χ0) is 8.97. The summed E-state index contributed by atoms with van der Waals surface area (Å²) in [5.74, 6) is 0. The van der Waals surface area contributed by atoms with Crippen LogP contribution in [0.25, 0.3) is 0 Å². The first kappa shape index (κ1) is 9.87. The van der Waals surface area contributed by atoms with Gasteiger partial charge in [0, 0.05) is 9.50 Å². The Bertz CT molecular complexity index is 334. The summed E-state index contributed by atoms with van der Waals surface area (Å²) in [4.78, 5) is 3.82. The third-order valence-electron chi connectivity index (χ3n) is 1.33. The van der Waals surface area contributed by atoms with Crippen LogP contribution in [0.1, 0.15) is 5.56 Å². The molecule has 0 unspecified atom stereocenters. The summed E-state index contributed by atoms with van der Waals surface area (Å²) >= 11 is 13.6. The molecular weight excluding hydrogens is 258 g/mol. The molecule has 0 fully saturated rings. The molecule has 1 nitrogen and oxygen atoms in total. The number of halogens is 2. The zero-order valence-electron chi connectivity index (χ0n) is 6.05. The molecule has 0 amide bonds. The number of aliphatic imine (C=N–C) groups is 1. The van der Waals surface area contributed by atoms with Crippen molar-refractivity contribution in [3.05, 3.63) is 33.3 Å². The molecule has 0 heterocycles. The first-order chi connectivity index (χ1) is 5.74. The highest BCUT2D eigenvalue weighted by Crippen LogP contribution is 2.21. The summed E-state index contributed by atoms with van der Waals surface area (Å²) < 4.78 is 0.948. The molecular formula is C8H5BrClNS. The maximum atomic E-state index is 5.75. The summed E-state index contributed by atoms with van der Waals surface area (Å²) in [7, 11) is 0. The van der Waals surface area contributed by atoms with E-state index in [0.29, 0.717) is 11.6 Å². The second-order valence-electron chi connectivity index (χ2n) is 2.14. The minimum Gasteiger partial charge on any atom is -0.228 e. The van der Waals surface area contributed by atoms with Crippen molar-refractivity contribution >= 4 is 44.9 Å². The van der Waals surface area contributed by atoms with E-state index >= 15 is 0 Å². The molecule has 0 aliphatic carbocycles. The van der Waals surface area contributed by atoms with Gasteiger partial charge in [-0.05, 0) is 29.9 Å². The van der Waals surface area contributed by atoms with Crippen molar-refractivity contribution in [3.8, 4) is 0 Å². The van der Waals surface area contributed by atoms with Gasteiger partial charge in [-0.2, -0.15) is 0 Å². The van der Waals surface area contributed by atoms with E-state index in [1.165, 1.54) is 0 Å². The van der Waals surface area contributed by atoms with E-state index in [4.69, 9.17) is 11.6 Å². The van der Waals surface area contributed by atoms with E-state index in [1.807, 2.05) is 18.2 Å². The van der Waals surface area contributed by atoms with Gasteiger partial charge in [0.25, 0.3) is 0 Å². The van der Waals surface area contributed by atoms with E-state index < -0.39 is 0 Å². The van der Waals surface area contributed by atoms with Crippen LogP contribution in [-0.2, 0) is 6.54 Å². The van der Waals surface area contributed by atoms with Gasteiger partial charge in [-0.25, -0.2) is 4.99 Å².